The predicted molar refractivity (Wildman–Crippen MR) is 64.2 cm³/mol. The molecule has 0 bridgehead atoms. The van der Waals surface area contributed by atoms with E-state index in [-0.39, 0.29) is 12.6 Å². The van der Waals surface area contributed by atoms with Crippen molar-refractivity contribution in [3.05, 3.63) is 0 Å². The molecule has 0 aliphatic carbocycles. The van der Waals surface area contributed by atoms with Crippen LogP contribution in [0, 0.1) is 0 Å². The van der Waals surface area contributed by atoms with E-state index in [0.717, 1.165) is 12.5 Å². The van der Waals surface area contributed by atoms with Crippen molar-refractivity contribution >= 4 is 14.3 Å². The second kappa shape index (κ2) is 7.88. The van der Waals surface area contributed by atoms with Crippen LogP contribution >= 0.6 is 0 Å². The number of hydrogen-bond acceptors (Lipinski definition) is 3. The van der Waals surface area contributed by atoms with Crippen LogP contribution in [0.2, 0.25) is 19.1 Å². The lowest BCUT2D eigenvalue weighted by Gasteiger charge is -2.22. The fraction of sp³-hybridized carbons (Fsp3) is 0.909. The Balaban J connectivity index is 3.75. The van der Waals surface area contributed by atoms with E-state index in [0.29, 0.717) is 12.8 Å². The van der Waals surface area contributed by atoms with Crippen LogP contribution in [0.5, 0.6) is 0 Å². The van der Waals surface area contributed by atoms with E-state index in [4.69, 9.17) is 9.53 Å². The fourth-order valence-electron chi connectivity index (χ4n) is 1.43. The molecule has 0 aromatic carbocycles. The quantitative estimate of drug-likeness (QED) is 0.517. The largest absolute Gasteiger partial charge is 0.520 e. The van der Waals surface area contributed by atoms with Crippen molar-refractivity contribution in [2.45, 2.75) is 58.2 Å². The lowest BCUT2D eigenvalue weighted by Crippen LogP contribution is -2.33. The molecule has 3 nitrogen and oxygen atoms in total. The minimum absolute atomic E-state index is 0.0624. The molecule has 1 N–H and O–H groups in total. The Hall–Kier alpha value is -0.353. The Morgan fingerprint density at radius 1 is 1.27 bits per heavy atom. The molecule has 0 saturated carbocycles. The maximum Gasteiger partial charge on any atom is 0.292 e. The number of carbonyl (C=O) groups is 1. The summed E-state index contributed by atoms with van der Waals surface area (Å²) in [7, 11) is -1.78. The smallest absolute Gasteiger partial charge is 0.292 e. The second-order valence-electron chi connectivity index (χ2n) is 4.52. The minimum atomic E-state index is -1.78. The van der Waals surface area contributed by atoms with Gasteiger partial charge in [-0.25, -0.2) is 0 Å². The molecule has 0 unspecified atom stereocenters. The Labute approximate surface area is 94.0 Å². The molecule has 0 saturated heterocycles. The van der Waals surface area contributed by atoms with E-state index in [1.807, 2.05) is 0 Å². The van der Waals surface area contributed by atoms with Crippen molar-refractivity contribution in [2.75, 3.05) is 6.61 Å². The highest BCUT2D eigenvalue weighted by molar-refractivity contribution is 6.72. The van der Waals surface area contributed by atoms with Gasteiger partial charge in [0.25, 0.3) is 5.97 Å². The molecule has 0 fully saturated rings. The first-order valence-electron chi connectivity index (χ1n) is 5.84. The number of unbranched alkanes of at least 4 members (excludes halogenated alkanes) is 2. The van der Waals surface area contributed by atoms with E-state index < -0.39 is 8.32 Å². The van der Waals surface area contributed by atoms with E-state index in [9.17, 15) is 4.79 Å². The van der Waals surface area contributed by atoms with Crippen LogP contribution in [0.15, 0.2) is 0 Å². The van der Waals surface area contributed by atoms with Crippen LogP contribution < -0.4 is 0 Å². The van der Waals surface area contributed by atoms with Gasteiger partial charge in [-0.2, -0.15) is 0 Å². The molecule has 0 rings (SSSR count). The summed E-state index contributed by atoms with van der Waals surface area (Å²) in [5.41, 5.74) is 0. The van der Waals surface area contributed by atoms with Gasteiger partial charge in [-0.1, -0.05) is 26.2 Å². The predicted octanol–water partition coefficient (Wildman–Crippen LogP) is 2.70. The highest BCUT2D eigenvalue weighted by atomic mass is 28.4. The van der Waals surface area contributed by atoms with Crippen LogP contribution in [0.1, 0.15) is 39.0 Å². The van der Waals surface area contributed by atoms with Crippen molar-refractivity contribution in [2.24, 2.45) is 0 Å². The molecule has 90 valence electrons. The summed E-state index contributed by atoms with van der Waals surface area (Å²) >= 11 is 0. The third-order valence-electron chi connectivity index (χ3n) is 2.31. The molecule has 0 radical (unpaired) electrons. The van der Waals surface area contributed by atoms with Crippen molar-refractivity contribution in [1.29, 1.82) is 0 Å². The molecule has 0 spiro atoms. The summed E-state index contributed by atoms with van der Waals surface area (Å²) in [6.45, 7) is 6.40. The second-order valence-corrected chi connectivity index (χ2v) is 8.74. The van der Waals surface area contributed by atoms with Crippen molar-refractivity contribution in [3.8, 4) is 0 Å². The van der Waals surface area contributed by atoms with Gasteiger partial charge >= 0.3 is 0 Å². The molecule has 0 aliphatic rings. The normalized spacial score (nSPS) is 11.5. The average molecular weight is 232 g/mol. The topological polar surface area (TPSA) is 46.5 Å². The van der Waals surface area contributed by atoms with E-state index >= 15 is 0 Å². The lowest BCUT2D eigenvalue weighted by molar-refractivity contribution is -0.135. The van der Waals surface area contributed by atoms with Crippen LogP contribution in [-0.4, -0.2) is 26.0 Å². The number of hydrogen-bond donors (Lipinski definition) is 1. The zero-order valence-corrected chi connectivity index (χ0v) is 11.2. The SMILES string of the molecule is CCCCC[Si](C)(C)OC(=O)CCCO. The Morgan fingerprint density at radius 3 is 2.47 bits per heavy atom. The Bertz CT molecular complexity index is 181. The van der Waals surface area contributed by atoms with Gasteiger partial charge in [-0.15, -0.1) is 0 Å². The number of carbonyl (C=O) groups excluding carboxylic acids is 1. The maximum absolute atomic E-state index is 11.4. The third kappa shape index (κ3) is 8.63. The van der Waals surface area contributed by atoms with E-state index in [1.54, 1.807) is 0 Å². The third-order valence-corrected chi connectivity index (χ3v) is 4.65. The summed E-state index contributed by atoms with van der Waals surface area (Å²) in [6.07, 6.45) is 4.43. The van der Waals surface area contributed by atoms with Gasteiger partial charge < -0.3 is 9.53 Å². The van der Waals surface area contributed by atoms with Crippen molar-refractivity contribution < 1.29 is 14.3 Å². The molecule has 0 aromatic rings. The maximum atomic E-state index is 11.4. The Morgan fingerprint density at radius 2 is 1.93 bits per heavy atom. The summed E-state index contributed by atoms with van der Waals surface area (Å²) in [6, 6.07) is 1.05. The summed E-state index contributed by atoms with van der Waals surface area (Å²) in [5.74, 6) is -0.141. The van der Waals surface area contributed by atoms with E-state index in [2.05, 4.69) is 20.0 Å². The zero-order chi connectivity index (χ0) is 11.7. The van der Waals surface area contributed by atoms with E-state index in [1.165, 1.54) is 12.8 Å². The highest BCUT2D eigenvalue weighted by Gasteiger charge is 2.25. The first-order valence-corrected chi connectivity index (χ1v) is 8.96. The Kier molecular flexibility index (Phi) is 7.69. The van der Waals surface area contributed by atoms with Crippen LogP contribution in [0.3, 0.4) is 0 Å². The first kappa shape index (κ1) is 14.6. The number of rotatable bonds is 8. The molecule has 0 atom stereocenters. The highest BCUT2D eigenvalue weighted by Crippen LogP contribution is 2.17. The summed E-state index contributed by atoms with van der Waals surface area (Å²) in [4.78, 5) is 11.4. The summed E-state index contributed by atoms with van der Waals surface area (Å²) in [5, 5.41) is 8.59. The number of aliphatic hydroxyl groups excluding tert-OH is 1. The molecule has 4 heteroatoms. The van der Waals surface area contributed by atoms with Gasteiger partial charge in [0.15, 0.2) is 0 Å². The molecule has 0 heterocycles. The van der Waals surface area contributed by atoms with Crippen molar-refractivity contribution in [1.82, 2.24) is 0 Å². The van der Waals surface area contributed by atoms with Gasteiger partial charge in [0.1, 0.15) is 0 Å². The van der Waals surface area contributed by atoms with Crippen molar-refractivity contribution in [3.63, 3.8) is 0 Å². The van der Waals surface area contributed by atoms with Crippen LogP contribution in [-0.2, 0) is 9.22 Å². The minimum Gasteiger partial charge on any atom is -0.520 e. The molecular weight excluding hydrogens is 208 g/mol. The lowest BCUT2D eigenvalue weighted by atomic mass is 10.3. The summed E-state index contributed by atoms with van der Waals surface area (Å²) < 4.78 is 5.48. The fourth-order valence-corrected chi connectivity index (χ4v) is 3.36. The van der Waals surface area contributed by atoms with Crippen LogP contribution in [0.25, 0.3) is 0 Å². The standard InChI is InChI=1S/C11H24O3Si/c1-4-5-6-10-15(2,3)14-11(13)8-7-9-12/h12H,4-10H2,1-3H3. The zero-order valence-electron chi connectivity index (χ0n) is 10.2. The van der Waals surface area contributed by atoms with Crippen LogP contribution in [0.4, 0.5) is 0 Å². The number of aliphatic hydroxyl groups is 1. The molecular formula is C11H24O3Si. The van der Waals surface area contributed by atoms with Gasteiger partial charge in [0.2, 0.25) is 8.32 Å². The van der Waals surface area contributed by atoms with Gasteiger partial charge in [0.05, 0.1) is 0 Å². The molecule has 15 heavy (non-hydrogen) atoms. The first-order chi connectivity index (χ1) is 7.02. The van der Waals surface area contributed by atoms with Gasteiger partial charge in [-0.3, -0.25) is 4.79 Å². The average Bonchev–Trinajstić information content (AvgIpc) is 2.14. The molecule has 0 aromatic heterocycles. The monoisotopic (exact) mass is 232 g/mol. The van der Waals surface area contributed by atoms with Gasteiger partial charge in [-0.05, 0) is 25.6 Å². The molecule has 0 amide bonds. The molecule has 0 aliphatic heterocycles. The van der Waals surface area contributed by atoms with Gasteiger partial charge in [0, 0.05) is 13.0 Å².